The molecule has 11 heteroatoms. The van der Waals surface area contributed by atoms with Gasteiger partial charge in [-0.05, 0) is 24.3 Å². The Morgan fingerprint density at radius 1 is 1.03 bits per heavy atom. The molecule has 0 unspecified atom stereocenters. The van der Waals surface area contributed by atoms with E-state index in [4.69, 9.17) is 0 Å². The van der Waals surface area contributed by atoms with Gasteiger partial charge < -0.3 is 9.80 Å². The van der Waals surface area contributed by atoms with Crippen molar-refractivity contribution in [1.82, 2.24) is 4.90 Å². The SMILES string of the molecule is O=C(c1cccc(F)c1F)N1CCN(c2ccc(C(F)(F)F)cc2[N+](=O)[O-])CC1. The predicted molar refractivity (Wildman–Crippen MR) is 92.6 cm³/mol. The molecule has 1 amide bonds. The van der Waals surface area contributed by atoms with E-state index in [1.165, 1.54) is 15.9 Å². The van der Waals surface area contributed by atoms with Crippen LogP contribution in [0.15, 0.2) is 36.4 Å². The number of carbonyl (C=O) groups excluding carboxylic acids is 1. The van der Waals surface area contributed by atoms with Gasteiger partial charge in [0.05, 0.1) is 16.1 Å². The molecule has 1 fully saturated rings. The molecule has 1 heterocycles. The summed E-state index contributed by atoms with van der Waals surface area (Å²) in [6, 6.07) is 5.47. The molecule has 1 aliphatic rings. The fraction of sp³-hybridized carbons (Fsp3) is 0.278. The van der Waals surface area contributed by atoms with Crippen molar-refractivity contribution in [1.29, 1.82) is 0 Å². The fourth-order valence-corrected chi connectivity index (χ4v) is 3.10. The van der Waals surface area contributed by atoms with Gasteiger partial charge in [0.15, 0.2) is 11.6 Å². The normalized spacial score (nSPS) is 14.8. The molecule has 1 saturated heterocycles. The van der Waals surface area contributed by atoms with Gasteiger partial charge in [-0.15, -0.1) is 0 Å². The van der Waals surface area contributed by atoms with Crippen molar-refractivity contribution in [2.24, 2.45) is 0 Å². The topological polar surface area (TPSA) is 66.7 Å². The number of hydrogen-bond acceptors (Lipinski definition) is 4. The minimum Gasteiger partial charge on any atom is -0.362 e. The van der Waals surface area contributed by atoms with E-state index in [0.717, 1.165) is 24.3 Å². The van der Waals surface area contributed by atoms with Gasteiger partial charge in [-0.2, -0.15) is 13.2 Å². The van der Waals surface area contributed by atoms with E-state index < -0.39 is 45.5 Å². The van der Waals surface area contributed by atoms with Gasteiger partial charge in [0.2, 0.25) is 0 Å². The Balaban J connectivity index is 1.78. The number of anilines is 1. The van der Waals surface area contributed by atoms with E-state index in [1.807, 2.05) is 0 Å². The fourth-order valence-electron chi connectivity index (χ4n) is 3.10. The number of amides is 1. The van der Waals surface area contributed by atoms with Crippen molar-refractivity contribution >= 4 is 17.3 Å². The summed E-state index contributed by atoms with van der Waals surface area (Å²) in [5.74, 6) is -3.16. The summed E-state index contributed by atoms with van der Waals surface area (Å²) in [7, 11) is 0. The molecule has 154 valence electrons. The van der Waals surface area contributed by atoms with Crippen molar-refractivity contribution in [2.75, 3.05) is 31.1 Å². The Hall–Kier alpha value is -3.24. The quantitative estimate of drug-likeness (QED) is 0.434. The van der Waals surface area contributed by atoms with E-state index in [0.29, 0.717) is 6.07 Å². The largest absolute Gasteiger partial charge is 0.416 e. The molecule has 0 spiro atoms. The Morgan fingerprint density at radius 2 is 1.69 bits per heavy atom. The summed E-state index contributed by atoms with van der Waals surface area (Å²) in [5, 5.41) is 11.2. The lowest BCUT2D eigenvalue weighted by atomic mass is 10.1. The van der Waals surface area contributed by atoms with E-state index in [2.05, 4.69) is 0 Å². The minimum atomic E-state index is -4.72. The van der Waals surface area contributed by atoms with Gasteiger partial charge in [0.25, 0.3) is 11.6 Å². The van der Waals surface area contributed by atoms with Gasteiger partial charge >= 0.3 is 6.18 Å². The molecule has 3 rings (SSSR count). The Morgan fingerprint density at radius 3 is 2.28 bits per heavy atom. The number of benzene rings is 2. The lowest BCUT2D eigenvalue weighted by molar-refractivity contribution is -0.384. The van der Waals surface area contributed by atoms with E-state index >= 15 is 0 Å². The van der Waals surface area contributed by atoms with Crippen LogP contribution < -0.4 is 4.90 Å². The molecule has 0 N–H and O–H groups in total. The zero-order valence-corrected chi connectivity index (χ0v) is 14.7. The predicted octanol–water partition coefficient (Wildman–Crippen LogP) is 3.85. The summed E-state index contributed by atoms with van der Waals surface area (Å²) >= 11 is 0. The molecular weight excluding hydrogens is 401 g/mol. The number of rotatable bonds is 3. The Bertz CT molecular complexity index is 956. The molecule has 0 aromatic heterocycles. The Kier molecular flexibility index (Phi) is 5.40. The number of carbonyl (C=O) groups is 1. The van der Waals surface area contributed by atoms with Crippen molar-refractivity contribution < 1.29 is 31.7 Å². The standard InChI is InChI=1S/C18H14F5N3O3/c19-13-3-1-2-12(16(13)20)17(27)25-8-6-24(7-9-25)14-5-4-11(18(21,22)23)10-15(14)26(28)29/h1-5,10H,6-9H2. The number of nitrogens with zero attached hydrogens (tertiary/aromatic N) is 3. The molecule has 2 aromatic carbocycles. The highest BCUT2D eigenvalue weighted by molar-refractivity contribution is 5.94. The summed E-state index contributed by atoms with van der Waals surface area (Å²) in [6.07, 6.45) is -4.72. The van der Waals surface area contributed by atoms with E-state index in [9.17, 15) is 36.9 Å². The molecule has 29 heavy (non-hydrogen) atoms. The highest BCUT2D eigenvalue weighted by Gasteiger charge is 2.34. The highest BCUT2D eigenvalue weighted by atomic mass is 19.4. The van der Waals surface area contributed by atoms with Gasteiger partial charge in [-0.1, -0.05) is 6.07 Å². The van der Waals surface area contributed by atoms with Crippen LogP contribution in [0.25, 0.3) is 0 Å². The molecule has 1 aliphatic heterocycles. The summed E-state index contributed by atoms with van der Waals surface area (Å²) in [6.45, 7) is 0.226. The third kappa shape index (κ3) is 4.13. The van der Waals surface area contributed by atoms with Crippen LogP contribution in [0.3, 0.4) is 0 Å². The minimum absolute atomic E-state index is 0.00737. The number of alkyl halides is 3. The second kappa shape index (κ2) is 7.64. The number of piperazine rings is 1. The highest BCUT2D eigenvalue weighted by Crippen LogP contribution is 2.36. The molecule has 0 bridgehead atoms. The summed E-state index contributed by atoms with van der Waals surface area (Å²) in [4.78, 5) is 25.5. The molecule has 0 atom stereocenters. The number of nitro groups is 1. The van der Waals surface area contributed by atoms with E-state index in [1.54, 1.807) is 0 Å². The van der Waals surface area contributed by atoms with Crippen molar-refractivity contribution in [3.8, 4) is 0 Å². The third-order valence-electron chi connectivity index (χ3n) is 4.59. The van der Waals surface area contributed by atoms with Crippen LogP contribution >= 0.6 is 0 Å². The molecule has 6 nitrogen and oxygen atoms in total. The van der Waals surface area contributed by atoms with Gasteiger partial charge in [0.1, 0.15) is 5.69 Å². The van der Waals surface area contributed by atoms with Gasteiger partial charge in [-0.3, -0.25) is 14.9 Å². The smallest absolute Gasteiger partial charge is 0.362 e. The van der Waals surface area contributed by atoms with Crippen LogP contribution in [0, 0.1) is 21.7 Å². The maximum Gasteiger partial charge on any atom is 0.416 e. The first kappa shape index (κ1) is 20.5. The first-order chi connectivity index (χ1) is 13.6. The van der Waals surface area contributed by atoms with Crippen LogP contribution in [-0.2, 0) is 6.18 Å². The van der Waals surface area contributed by atoms with Crippen molar-refractivity contribution in [2.45, 2.75) is 6.18 Å². The molecule has 2 aromatic rings. The maximum absolute atomic E-state index is 13.8. The summed E-state index contributed by atoms with van der Waals surface area (Å²) in [5.41, 5.74) is -2.27. The monoisotopic (exact) mass is 415 g/mol. The van der Waals surface area contributed by atoms with Crippen LogP contribution in [0.1, 0.15) is 15.9 Å². The van der Waals surface area contributed by atoms with Gasteiger partial charge in [-0.25, -0.2) is 8.78 Å². The first-order valence-corrected chi connectivity index (χ1v) is 8.43. The second-order valence-corrected chi connectivity index (χ2v) is 6.34. The third-order valence-corrected chi connectivity index (χ3v) is 4.59. The van der Waals surface area contributed by atoms with Crippen molar-refractivity contribution in [3.05, 3.63) is 69.3 Å². The average molecular weight is 415 g/mol. The van der Waals surface area contributed by atoms with Crippen LogP contribution in [-0.4, -0.2) is 41.9 Å². The van der Waals surface area contributed by atoms with Crippen LogP contribution in [0.4, 0.5) is 33.3 Å². The molecule has 0 saturated carbocycles. The first-order valence-electron chi connectivity index (χ1n) is 8.43. The zero-order valence-electron chi connectivity index (χ0n) is 14.7. The lowest BCUT2D eigenvalue weighted by Gasteiger charge is -2.36. The van der Waals surface area contributed by atoms with Crippen molar-refractivity contribution in [3.63, 3.8) is 0 Å². The van der Waals surface area contributed by atoms with E-state index in [-0.39, 0.29) is 31.9 Å². The number of halogens is 5. The zero-order chi connectivity index (χ0) is 21.3. The molecular formula is C18H14F5N3O3. The second-order valence-electron chi connectivity index (χ2n) is 6.34. The van der Waals surface area contributed by atoms with Gasteiger partial charge in [0, 0.05) is 32.2 Å². The summed E-state index contributed by atoms with van der Waals surface area (Å²) < 4.78 is 65.6. The Labute approximate surface area is 161 Å². The molecule has 0 aliphatic carbocycles. The van der Waals surface area contributed by atoms with Crippen LogP contribution in [0.2, 0.25) is 0 Å². The number of hydrogen-bond donors (Lipinski definition) is 0. The lowest BCUT2D eigenvalue weighted by Crippen LogP contribution is -2.49. The average Bonchev–Trinajstić information content (AvgIpc) is 2.68. The maximum atomic E-state index is 13.8. The van der Waals surface area contributed by atoms with Crippen LogP contribution in [0.5, 0.6) is 0 Å². The number of nitro benzene ring substituents is 1. The molecule has 0 radical (unpaired) electrons.